The largest absolute Gasteiger partial charge is 0.457 e. The maximum absolute atomic E-state index is 6.74. The Morgan fingerprint density at radius 2 is 0.933 bits per heavy atom. The highest BCUT2D eigenvalue weighted by Gasteiger charge is 2.50. The standard InChI is InChI=1S/C42H29NO2/c1-2-10-28(11-3-1)29-17-19-30(20-18-29)31-21-23-35-40(26-31)44-38-15-6-4-12-33(38)42(35)34-13-5-7-16-39(34)45-41-27-32(22-24-36(41)42)37-14-8-9-25-43-37/h1-24,26-27,43H,25H2. The van der Waals surface area contributed by atoms with E-state index in [0.29, 0.717) is 0 Å². The van der Waals surface area contributed by atoms with Gasteiger partial charge in [-0.05, 0) is 52.6 Å². The van der Waals surface area contributed by atoms with E-state index in [9.17, 15) is 0 Å². The number of allylic oxidation sites excluding steroid dienone is 2. The molecule has 1 unspecified atom stereocenters. The molecule has 45 heavy (non-hydrogen) atoms. The van der Waals surface area contributed by atoms with E-state index in [1.807, 2.05) is 18.2 Å². The van der Waals surface area contributed by atoms with E-state index in [0.717, 1.165) is 74.2 Å². The predicted molar refractivity (Wildman–Crippen MR) is 181 cm³/mol. The van der Waals surface area contributed by atoms with Crippen molar-refractivity contribution in [2.24, 2.45) is 0 Å². The maximum atomic E-state index is 6.74. The summed E-state index contributed by atoms with van der Waals surface area (Å²) in [5.74, 6) is 3.42. The number of nitrogens with one attached hydrogen (secondary N) is 1. The number of dihydropyridines is 1. The van der Waals surface area contributed by atoms with Gasteiger partial charge in [-0.2, -0.15) is 0 Å². The van der Waals surface area contributed by atoms with Crippen LogP contribution in [0.2, 0.25) is 0 Å². The molecule has 3 heterocycles. The van der Waals surface area contributed by atoms with Crippen LogP contribution >= 0.6 is 0 Å². The van der Waals surface area contributed by atoms with E-state index in [-0.39, 0.29) is 0 Å². The number of ether oxygens (including phenoxy) is 2. The first kappa shape index (κ1) is 25.7. The van der Waals surface area contributed by atoms with E-state index in [1.54, 1.807) is 0 Å². The lowest BCUT2D eigenvalue weighted by atomic mass is 9.62. The molecule has 9 rings (SSSR count). The molecule has 0 bridgehead atoms. The molecule has 6 aromatic carbocycles. The molecule has 0 amide bonds. The summed E-state index contributed by atoms with van der Waals surface area (Å²) in [5.41, 5.74) is 10.7. The zero-order valence-electron chi connectivity index (χ0n) is 24.5. The third-order valence-electron chi connectivity index (χ3n) is 9.24. The van der Waals surface area contributed by atoms with Crippen molar-refractivity contribution < 1.29 is 9.47 Å². The van der Waals surface area contributed by atoms with Crippen LogP contribution in [0.4, 0.5) is 0 Å². The van der Waals surface area contributed by atoms with Gasteiger partial charge in [0, 0.05) is 40.1 Å². The van der Waals surface area contributed by atoms with Crippen molar-refractivity contribution in [2.45, 2.75) is 5.41 Å². The van der Waals surface area contributed by atoms with Crippen LogP contribution in [0.15, 0.2) is 158 Å². The fourth-order valence-electron chi connectivity index (χ4n) is 7.16. The molecule has 6 aromatic rings. The topological polar surface area (TPSA) is 30.5 Å². The van der Waals surface area contributed by atoms with E-state index in [2.05, 4.69) is 145 Å². The number of hydrogen-bond donors (Lipinski definition) is 1. The fourth-order valence-corrected chi connectivity index (χ4v) is 7.16. The number of hydrogen-bond acceptors (Lipinski definition) is 3. The van der Waals surface area contributed by atoms with Gasteiger partial charge in [0.1, 0.15) is 23.0 Å². The second-order valence-electron chi connectivity index (χ2n) is 11.7. The highest BCUT2D eigenvalue weighted by molar-refractivity contribution is 5.80. The molecule has 1 N–H and O–H groups in total. The van der Waals surface area contributed by atoms with Crippen molar-refractivity contribution in [1.82, 2.24) is 5.32 Å². The summed E-state index contributed by atoms with van der Waals surface area (Å²) in [6.07, 6.45) is 6.33. The molecule has 0 saturated heterocycles. The Balaban J connectivity index is 1.24. The lowest BCUT2D eigenvalue weighted by Crippen LogP contribution is -2.36. The van der Waals surface area contributed by atoms with Gasteiger partial charge in [0.2, 0.25) is 0 Å². The second-order valence-corrected chi connectivity index (χ2v) is 11.7. The first-order valence-electron chi connectivity index (χ1n) is 15.4. The minimum absolute atomic E-state index is 0.614. The zero-order valence-corrected chi connectivity index (χ0v) is 24.5. The van der Waals surface area contributed by atoms with Crippen molar-refractivity contribution in [3.05, 3.63) is 186 Å². The van der Waals surface area contributed by atoms with E-state index >= 15 is 0 Å². The van der Waals surface area contributed by atoms with E-state index in [1.165, 1.54) is 11.1 Å². The minimum atomic E-state index is -0.614. The Bertz CT molecular complexity index is 2150. The lowest BCUT2D eigenvalue weighted by molar-refractivity contribution is 0.399. The average Bonchev–Trinajstić information content (AvgIpc) is 3.12. The van der Waals surface area contributed by atoms with Crippen molar-refractivity contribution in [3.63, 3.8) is 0 Å². The SMILES string of the molecule is C1=CCNC(c2ccc3c(c2)Oc2ccccc2C32c3ccccc3Oc3cc(-c4ccc(-c5ccccc5)cc4)ccc32)=C1. The molecule has 214 valence electrons. The normalized spacial score (nSPS) is 17.0. The molecular formula is C42H29NO2. The first-order chi connectivity index (χ1) is 22.3. The van der Waals surface area contributed by atoms with Crippen LogP contribution in [0.3, 0.4) is 0 Å². The molecule has 1 atom stereocenters. The van der Waals surface area contributed by atoms with Crippen LogP contribution in [-0.2, 0) is 5.41 Å². The van der Waals surface area contributed by atoms with Gasteiger partial charge >= 0.3 is 0 Å². The molecule has 0 radical (unpaired) electrons. The van der Waals surface area contributed by atoms with Crippen LogP contribution in [0.1, 0.15) is 27.8 Å². The maximum Gasteiger partial charge on any atom is 0.132 e. The van der Waals surface area contributed by atoms with Crippen LogP contribution in [0.25, 0.3) is 28.0 Å². The highest BCUT2D eigenvalue weighted by atomic mass is 16.5. The third kappa shape index (κ3) is 3.98. The Labute approximate surface area is 262 Å². The average molecular weight is 580 g/mol. The highest BCUT2D eigenvalue weighted by Crippen LogP contribution is 2.61. The van der Waals surface area contributed by atoms with Gasteiger partial charge in [-0.3, -0.25) is 0 Å². The van der Waals surface area contributed by atoms with Gasteiger partial charge in [0.15, 0.2) is 0 Å². The number of para-hydroxylation sites is 2. The smallest absolute Gasteiger partial charge is 0.132 e. The quantitative estimate of drug-likeness (QED) is 0.226. The molecule has 3 heteroatoms. The predicted octanol–water partition coefficient (Wildman–Crippen LogP) is 10.1. The van der Waals surface area contributed by atoms with Crippen molar-refractivity contribution in [1.29, 1.82) is 0 Å². The summed E-state index contributed by atoms with van der Waals surface area (Å²) in [7, 11) is 0. The summed E-state index contributed by atoms with van der Waals surface area (Å²) in [6.45, 7) is 0.811. The number of benzene rings is 6. The van der Waals surface area contributed by atoms with E-state index < -0.39 is 5.41 Å². The van der Waals surface area contributed by atoms with Crippen LogP contribution in [0.5, 0.6) is 23.0 Å². The monoisotopic (exact) mass is 579 g/mol. The Morgan fingerprint density at radius 3 is 1.56 bits per heavy atom. The summed E-state index contributed by atoms with van der Waals surface area (Å²) in [6, 6.07) is 49.4. The molecule has 1 spiro atoms. The molecular weight excluding hydrogens is 550 g/mol. The van der Waals surface area contributed by atoms with Gasteiger partial charge in [0.05, 0.1) is 5.41 Å². The Morgan fingerprint density at radius 1 is 0.444 bits per heavy atom. The fraction of sp³-hybridized carbons (Fsp3) is 0.0476. The van der Waals surface area contributed by atoms with Gasteiger partial charge in [0.25, 0.3) is 0 Å². The third-order valence-corrected chi connectivity index (χ3v) is 9.24. The van der Waals surface area contributed by atoms with Gasteiger partial charge < -0.3 is 14.8 Å². The van der Waals surface area contributed by atoms with Crippen LogP contribution in [0, 0.1) is 0 Å². The Kier molecular flexibility index (Phi) is 5.79. The Hall–Kier alpha value is -5.80. The molecule has 0 fully saturated rings. The number of rotatable bonds is 3. The summed E-state index contributed by atoms with van der Waals surface area (Å²) in [4.78, 5) is 0. The first-order valence-corrected chi connectivity index (χ1v) is 15.4. The number of fused-ring (bicyclic) bond motifs is 8. The molecule has 3 nitrogen and oxygen atoms in total. The van der Waals surface area contributed by atoms with Crippen LogP contribution in [-0.4, -0.2) is 6.54 Å². The molecule has 0 aliphatic carbocycles. The van der Waals surface area contributed by atoms with Gasteiger partial charge in [-0.25, -0.2) is 0 Å². The minimum Gasteiger partial charge on any atom is -0.457 e. The molecule has 3 aliphatic rings. The molecule has 3 aliphatic heterocycles. The summed E-state index contributed by atoms with van der Waals surface area (Å²) >= 11 is 0. The van der Waals surface area contributed by atoms with Crippen molar-refractivity contribution >= 4 is 5.70 Å². The summed E-state index contributed by atoms with van der Waals surface area (Å²) < 4.78 is 13.4. The zero-order chi connectivity index (χ0) is 29.8. The van der Waals surface area contributed by atoms with Gasteiger partial charge in [-0.1, -0.05) is 127 Å². The second kappa shape index (κ2) is 10.1. The van der Waals surface area contributed by atoms with Crippen LogP contribution < -0.4 is 14.8 Å². The van der Waals surface area contributed by atoms with E-state index in [4.69, 9.17) is 9.47 Å². The van der Waals surface area contributed by atoms with Crippen molar-refractivity contribution in [2.75, 3.05) is 6.54 Å². The molecule has 0 saturated carbocycles. The van der Waals surface area contributed by atoms with Crippen molar-refractivity contribution in [3.8, 4) is 45.3 Å². The molecule has 0 aromatic heterocycles. The van der Waals surface area contributed by atoms with Gasteiger partial charge in [-0.15, -0.1) is 0 Å². The summed E-state index contributed by atoms with van der Waals surface area (Å²) in [5, 5.41) is 3.50. The lowest BCUT2D eigenvalue weighted by Gasteiger charge is -2.45.